The lowest BCUT2D eigenvalue weighted by molar-refractivity contribution is 0.0693. The molecule has 0 atom stereocenters. The molecule has 2 aromatic rings. The van der Waals surface area contributed by atoms with Crippen LogP contribution in [0.1, 0.15) is 10.4 Å². The molecule has 4 nitrogen and oxygen atoms in total. The number of rotatable bonds is 3. The minimum absolute atomic E-state index is 0.149. The van der Waals surface area contributed by atoms with E-state index >= 15 is 0 Å². The van der Waals surface area contributed by atoms with Crippen LogP contribution in [-0.4, -0.2) is 21.0 Å². The van der Waals surface area contributed by atoms with E-state index in [2.05, 4.69) is 25.9 Å². The molecule has 1 aromatic carbocycles. The van der Waals surface area contributed by atoms with E-state index in [0.717, 1.165) is 28.6 Å². The van der Waals surface area contributed by atoms with Crippen molar-refractivity contribution in [2.75, 3.05) is 0 Å². The lowest BCUT2D eigenvalue weighted by atomic mass is 10.2. The molecule has 0 spiro atoms. The van der Waals surface area contributed by atoms with Gasteiger partial charge in [0.2, 0.25) is 0 Å². The van der Waals surface area contributed by atoms with Gasteiger partial charge in [-0.1, -0.05) is 15.9 Å². The molecular weight excluding hydrogens is 323 g/mol. The van der Waals surface area contributed by atoms with Gasteiger partial charge in [-0.15, -0.1) is 0 Å². The van der Waals surface area contributed by atoms with Crippen LogP contribution in [0, 0.1) is 5.82 Å². The second-order valence-corrected chi connectivity index (χ2v) is 5.16. The minimum atomic E-state index is -1.04. The van der Waals surface area contributed by atoms with Gasteiger partial charge in [0.05, 0.1) is 18.0 Å². The summed E-state index contributed by atoms with van der Waals surface area (Å²) >= 11 is 4.33. The van der Waals surface area contributed by atoms with Crippen molar-refractivity contribution in [1.29, 1.82) is 0 Å². The van der Waals surface area contributed by atoms with Crippen molar-refractivity contribution in [3.8, 4) is 0 Å². The molecular formula is C11H6BrFN2O2S. The first-order valence-corrected chi connectivity index (χ1v) is 6.35. The van der Waals surface area contributed by atoms with Gasteiger partial charge in [0.15, 0.2) is 11.0 Å². The van der Waals surface area contributed by atoms with Crippen LogP contribution in [0.25, 0.3) is 0 Å². The van der Waals surface area contributed by atoms with Gasteiger partial charge < -0.3 is 5.11 Å². The van der Waals surface area contributed by atoms with Crippen LogP contribution in [0.5, 0.6) is 0 Å². The molecule has 18 heavy (non-hydrogen) atoms. The Hall–Kier alpha value is -1.47. The van der Waals surface area contributed by atoms with E-state index in [1.807, 2.05) is 0 Å². The number of hydrogen-bond acceptors (Lipinski definition) is 4. The van der Waals surface area contributed by atoms with Crippen molar-refractivity contribution in [3.05, 3.63) is 46.4 Å². The van der Waals surface area contributed by atoms with E-state index in [9.17, 15) is 9.18 Å². The van der Waals surface area contributed by atoms with Gasteiger partial charge in [0, 0.05) is 9.37 Å². The van der Waals surface area contributed by atoms with E-state index < -0.39 is 11.8 Å². The minimum Gasteiger partial charge on any atom is -0.478 e. The Labute approximate surface area is 114 Å². The first-order valence-electron chi connectivity index (χ1n) is 4.74. The molecule has 1 N–H and O–H groups in total. The summed E-state index contributed by atoms with van der Waals surface area (Å²) in [6.07, 6.45) is 2.07. The van der Waals surface area contributed by atoms with Gasteiger partial charge in [-0.3, -0.25) is 0 Å². The van der Waals surface area contributed by atoms with Gasteiger partial charge >= 0.3 is 5.97 Å². The number of carboxylic acids is 1. The summed E-state index contributed by atoms with van der Waals surface area (Å²) < 4.78 is 13.4. The molecule has 0 aliphatic rings. The Kier molecular flexibility index (Phi) is 3.93. The highest BCUT2D eigenvalue weighted by Crippen LogP contribution is 2.30. The molecule has 1 aromatic heterocycles. The van der Waals surface area contributed by atoms with Crippen molar-refractivity contribution in [2.24, 2.45) is 0 Å². The SMILES string of the molecule is O=C(O)c1ccc(Br)cc1Sc1ncc(F)cn1. The summed E-state index contributed by atoms with van der Waals surface area (Å²) in [7, 11) is 0. The van der Waals surface area contributed by atoms with E-state index in [1.165, 1.54) is 6.07 Å². The average Bonchev–Trinajstić information content (AvgIpc) is 2.32. The fourth-order valence-electron chi connectivity index (χ4n) is 1.21. The number of aromatic nitrogens is 2. The highest BCUT2D eigenvalue weighted by molar-refractivity contribution is 9.10. The molecule has 0 saturated carbocycles. The van der Waals surface area contributed by atoms with Crippen LogP contribution in [0.4, 0.5) is 4.39 Å². The molecule has 0 bridgehead atoms. The highest BCUT2D eigenvalue weighted by Gasteiger charge is 2.12. The standard InChI is InChI=1S/C11H6BrFN2O2S/c12-6-1-2-8(10(16)17)9(3-6)18-11-14-4-7(13)5-15-11/h1-5H,(H,16,17). The first-order chi connectivity index (χ1) is 8.56. The monoisotopic (exact) mass is 328 g/mol. The summed E-state index contributed by atoms with van der Waals surface area (Å²) in [6, 6.07) is 4.78. The first kappa shape index (κ1) is 13.0. The van der Waals surface area contributed by atoms with Crippen LogP contribution in [0.3, 0.4) is 0 Å². The van der Waals surface area contributed by atoms with Gasteiger partial charge in [0.1, 0.15) is 0 Å². The third-order valence-corrected chi connectivity index (χ3v) is 3.42. The lowest BCUT2D eigenvalue weighted by Crippen LogP contribution is -1.99. The number of halogens is 2. The molecule has 0 unspecified atom stereocenters. The van der Waals surface area contributed by atoms with Crippen LogP contribution in [-0.2, 0) is 0 Å². The van der Waals surface area contributed by atoms with E-state index in [0.29, 0.717) is 4.90 Å². The zero-order valence-corrected chi connectivity index (χ0v) is 11.2. The predicted octanol–water partition coefficient (Wildman–Crippen LogP) is 3.23. The number of carbonyl (C=O) groups is 1. The molecule has 92 valence electrons. The maximum atomic E-state index is 12.7. The molecule has 0 radical (unpaired) electrons. The second kappa shape index (κ2) is 5.45. The largest absolute Gasteiger partial charge is 0.478 e. The zero-order valence-electron chi connectivity index (χ0n) is 8.80. The Morgan fingerprint density at radius 1 is 1.33 bits per heavy atom. The molecule has 0 aliphatic carbocycles. The van der Waals surface area contributed by atoms with Crippen LogP contribution in [0.2, 0.25) is 0 Å². The summed E-state index contributed by atoms with van der Waals surface area (Å²) in [5.74, 6) is -1.57. The normalized spacial score (nSPS) is 10.3. The van der Waals surface area contributed by atoms with E-state index in [-0.39, 0.29) is 10.7 Å². The number of aromatic carboxylic acids is 1. The van der Waals surface area contributed by atoms with Crippen molar-refractivity contribution in [1.82, 2.24) is 9.97 Å². The number of benzene rings is 1. The second-order valence-electron chi connectivity index (χ2n) is 3.23. The summed E-state index contributed by atoms with van der Waals surface area (Å²) in [5, 5.41) is 9.34. The molecule has 1 heterocycles. The van der Waals surface area contributed by atoms with Crippen molar-refractivity contribution >= 4 is 33.7 Å². The predicted molar refractivity (Wildman–Crippen MR) is 67.2 cm³/mol. The Morgan fingerprint density at radius 3 is 2.61 bits per heavy atom. The third-order valence-electron chi connectivity index (χ3n) is 1.97. The zero-order chi connectivity index (χ0) is 13.1. The smallest absolute Gasteiger partial charge is 0.336 e. The summed E-state index contributed by atoms with van der Waals surface area (Å²) in [6.45, 7) is 0. The average molecular weight is 329 g/mol. The topological polar surface area (TPSA) is 63.1 Å². The number of nitrogens with zero attached hydrogens (tertiary/aromatic N) is 2. The maximum Gasteiger partial charge on any atom is 0.336 e. The molecule has 7 heteroatoms. The fourth-order valence-corrected chi connectivity index (χ4v) is 2.58. The third kappa shape index (κ3) is 3.05. The number of carboxylic acid groups (broad SMARTS) is 1. The Morgan fingerprint density at radius 2 is 2.00 bits per heavy atom. The quantitative estimate of drug-likeness (QED) is 0.876. The van der Waals surface area contributed by atoms with Crippen molar-refractivity contribution in [3.63, 3.8) is 0 Å². The summed E-state index contributed by atoms with van der Waals surface area (Å²) in [4.78, 5) is 19.1. The van der Waals surface area contributed by atoms with E-state index in [4.69, 9.17) is 5.11 Å². The van der Waals surface area contributed by atoms with Crippen LogP contribution in [0.15, 0.2) is 45.1 Å². The maximum absolute atomic E-state index is 12.7. The van der Waals surface area contributed by atoms with Crippen molar-refractivity contribution in [2.45, 2.75) is 10.1 Å². The van der Waals surface area contributed by atoms with Gasteiger partial charge in [-0.05, 0) is 30.0 Å². The Bertz CT molecular complexity index is 592. The summed E-state index contributed by atoms with van der Waals surface area (Å²) in [5.41, 5.74) is 0.149. The molecule has 0 amide bonds. The van der Waals surface area contributed by atoms with Gasteiger partial charge in [-0.25, -0.2) is 19.2 Å². The van der Waals surface area contributed by atoms with E-state index in [1.54, 1.807) is 12.1 Å². The molecule has 0 aliphatic heterocycles. The molecule has 0 saturated heterocycles. The van der Waals surface area contributed by atoms with Crippen LogP contribution >= 0.6 is 27.7 Å². The highest BCUT2D eigenvalue weighted by atomic mass is 79.9. The van der Waals surface area contributed by atoms with Gasteiger partial charge in [-0.2, -0.15) is 0 Å². The Balaban J connectivity index is 2.35. The van der Waals surface area contributed by atoms with Gasteiger partial charge in [0.25, 0.3) is 0 Å². The molecule has 2 rings (SSSR count). The lowest BCUT2D eigenvalue weighted by Gasteiger charge is -2.05. The number of hydrogen-bond donors (Lipinski definition) is 1. The molecule has 0 fully saturated rings. The van der Waals surface area contributed by atoms with Crippen molar-refractivity contribution < 1.29 is 14.3 Å². The van der Waals surface area contributed by atoms with Crippen LogP contribution < -0.4 is 0 Å². The fraction of sp³-hybridized carbons (Fsp3) is 0.